The lowest BCUT2D eigenvalue weighted by Gasteiger charge is -2.37. The number of carbonyl (C=O) groups excluding carboxylic acids is 1. The van der Waals surface area contributed by atoms with Crippen molar-refractivity contribution in [2.24, 2.45) is 0 Å². The van der Waals surface area contributed by atoms with Gasteiger partial charge in [0.25, 0.3) is 0 Å². The molecular formula is C15H20ClNO3. The molecule has 0 radical (unpaired) electrons. The molecule has 110 valence electrons. The van der Waals surface area contributed by atoms with Crippen molar-refractivity contribution in [1.82, 2.24) is 4.90 Å². The Labute approximate surface area is 124 Å². The Hall–Kier alpha value is -1.10. The lowest BCUT2D eigenvalue weighted by molar-refractivity contribution is -0.154. The van der Waals surface area contributed by atoms with Crippen LogP contribution >= 0.6 is 11.6 Å². The van der Waals surface area contributed by atoms with Gasteiger partial charge in [-0.05, 0) is 43.5 Å². The van der Waals surface area contributed by atoms with E-state index in [2.05, 4.69) is 0 Å². The van der Waals surface area contributed by atoms with Gasteiger partial charge in [-0.25, -0.2) is 0 Å². The largest absolute Gasteiger partial charge is 0.468 e. The molecule has 1 heterocycles. The Morgan fingerprint density at radius 3 is 2.95 bits per heavy atom. The SMILES string of the molecule is COC(=O)C1C(O)CCCN1Cc1ccc(C)c(Cl)c1. The van der Waals surface area contributed by atoms with E-state index in [1.807, 2.05) is 30.0 Å². The zero-order valence-electron chi connectivity index (χ0n) is 11.8. The first-order valence-electron chi connectivity index (χ1n) is 6.78. The van der Waals surface area contributed by atoms with Crippen molar-refractivity contribution in [3.05, 3.63) is 34.3 Å². The van der Waals surface area contributed by atoms with Gasteiger partial charge in [0.05, 0.1) is 13.2 Å². The fourth-order valence-electron chi connectivity index (χ4n) is 2.62. The van der Waals surface area contributed by atoms with Crippen LogP contribution in [0.1, 0.15) is 24.0 Å². The first-order chi connectivity index (χ1) is 9.52. The molecule has 0 aliphatic carbocycles. The molecule has 0 saturated carbocycles. The van der Waals surface area contributed by atoms with Crippen molar-refractivity contribution in [1.29, 1.82) is 0 Å². The van der Waals surface area contributed by atoms with Crippen molar-refractivity contribution < 1.29 is 14.6 Å². The molecule has 1 N–H and O–H groups in total. The summed E-state index contributed by atoms with van der Waals surface area (Å²) in [6, 6.07) is 5.28. The number of likely N-dealkylation sites (tertiary alicyclic amines) is 1. The van der Waals surface area contributed by atoms with E-state index >= 15 is 0 Å². The highest BCUT2D eigenvalue weighted by Crippen LogP contribution is 2.23. The quantitative estimate of drug-likeness (QED) is 0.869. The van der Waals surface area contributed by atoms with E-state index in [-0.39, 0.29) is 5.97 Å². The maximum atomic E-state index is 11.8. The predicted molar refractivity (Wildman–Crippen MR) is 77.6 cm³/mol. The number of piperidine rings is 1. The summed E-state index contributed by atoms with van der Waals surface area (Å²) in [6.07, 6.45) is 0.830. The van der Waals surface area contributed by atoms with Gasteiger partial charge in [0.2, 0.25) is 0 Å². The summed E-state index contributed by atoms with van der Waals surface area (Å²) in [5.74, 6) is -0.379. The molecule has 0 amide bonds. The third kappa shape index (κ3) is 3.32. The Bertz CT molecular complexity index is 492. The van der Waals surface area contributed by atoms with Crippen LogP contribution in [0.25, 0.3) is 0 Å². The monoisotopic (exact) mass is 297 g/mol. The van der Waals surface area contributed by atoms with Crippen LogP contribution in [0.3, 0.4) is 0 Å². The highest BCUT2D eigenvalue weighted by Gasteiger charge is 2.36. The number of methoxy groups -OCH3 is 1. The van der Waals surface area contributed by atoms with Gasteiger partial charge in [0, 0.05) is 11.6 Å². The fourth-order valence-corrected chi connectivity index (χ4v) is 2.82. The molecule has 1 aromatic rings. The molecule has 1 fully saturated rings. The molecule has 2 atom stereocenters. The zero-order valence-corrected chi connectivity index (χ0v) is 12.6. The van der Waals surface area contributed by atoms with Crippen LogP contribution in [0, 0.1) is 6.92 Å². The van der Waals surface area contributed by atoms with Crippen LogP contribution in [0.2, 0.25) is 5.02 Å². The topological polar surface area (TPSA) is 49.8 Å². The highest BCUT2D eigenvalue weighted by molar-refractivity contribution is 6.31. The molecule has 1 aliphatic rings. The van der Waals surface area contributed by atoms with E-state index in [1.165, 1.54) is 7.11 Å². The Morgan fingerprint density at radius 1 is 1.55 bits per heavy atom. The van der Waals surface area contributed by atoms with Gasteiger partial charge in [0.1, 0.15) is 6.04 Å². The van der Waals surface area contributed by atoms with Crippen molar-refractivity contribution in [3.8, 4) is 0 Å². The second-order valence-electron chi connectivity index (χ2n) is 5.23. The minimum atomic E-state index is -0.669. The van der Waals surface area contributed by atoms with Crippen LogP contribution in [-0.2, 0) is 16.1 Å². The summed E-state index contributed by atoms with van der Waals surface area (Å²) < 4.78 is 4.80. The average Bonchev–Trinajstić information content (AvgIpc) is 2.42. The Balaban J connectivity index is 2.16. The lowest BCUT2D eigenvalue weighted by Crippen LogP contribution is -2.52. The summed E-state index contributed by atoms with van der Waals surface area (Å²) in [7, 11) is 1.35. The number of rotatable bonds is 3. The smallest absolute Gasteiger partial charge is 0.325 e. The molecule has 1 aromatic carbocycles. The summed E-state index contributed by atoms with van der Waals surface area (Å²) in [6.45, 7) is 3.30. The van der Waals surface area contributed by atoms with Crippen LogP contribution in [-0.4, -0.2) is 41.8 Å². The van der Waals surface area contributed by atoms with Crippen molar-refractivity contribution in [3.63, 3.8) is 0 Å². The van der Waals surface area contributed by atoms with E-state index in [9.17, 15) is 9.90 Å². The van der Waals surface area contributed by atoms with Crippen LogP contribution in [0.5, 0.6) is 0 Å². The first kappa shape index (κ1) is 15.3. The molecule has 0 spiro atoms. The number of nitrogens with zero attached hydrogens (tertiary/aromatic N) is 1. The minimum Gasteiger partial charge on any atom is -0.468 e. The molecular weight excluding hydrogens is 278 g/mol. The van der Waals surface area contributed by atoms with E-state index in [1.54, 1.807) is 0 Å². The summed E-state index contributed by atoms with van der Waals surface area (Å²) >= 11 is 6.13. The second kappa shape index (κ2) is 6.57. The highest BCUT2D eigenvalue weighted by atomic mass is 35.5. The van der Waals surface area contributed by atoms with E-state index in [4.69, 9.17) is 16.3 Å². The molecule has 2 rings (SSSR count). The van der Waals surface area contributed by atoms with Crippen molar-refractivity contribution >= 4 is 17.6 Å². The van der Waals surface area contributed by atoms with Gasteiger partial charge in [-0.3, -0.25) is 9.69 Å². The van der Waals surface area contributed by atoms with Gasteiger partial charge in [-0.2, -0.15) is 0 Å². The molecule has 1 saturated heterocycles. The average molecular weight is 298 g/mol. The lowest BCUT2D eigenvalue weighted by atomic mass is 9.98. The summed E-state index contributed by atoms with van der Waals surface area (Å²) in [4.78, 5) is 13.8. The van der Waals surface area contributed by atoms with E-state index in [0.717, 1.165) is 29.1 Å². The maximum absolute atomic E-state index is 11.8. The molecule has 2 unspecified atom stereocenters. The molecule has 4 nitrogen and oxygen atoms in total. The van der Waals surface area contributed by atoms with E-state index in [0.29, 0.717) is 13.0 Å². The summed E-state index contributed by atoms with van der Waals surface area (Å²) in [5, 5.41) is 10.8. The Morgan fingerprint density at radius 2 is 2.30 bits per heavy atom. The van der Waals surface area contributed by atoms with Gasteiger partial charge >= 0.3 is 5.97 Å². The van der Waals surface area contributed by atoms with Crippen LogP contribution in [0.15, 0.2) is 18.2 Å². The molecule has 20 heavy (non-hydrogen) atoms. The standard InChI is InChI=1S/C15H20ClNO3/c1-10-5-6-11(8-12(10)16)9-17-7-3-4-13(18)14(17)15(19)20-2/h5-6,8,13-14,18H,3-4,7,9H2,1-2H3. The number of ether oxygens (including phenoxy) is 1. The summed E-state index contributed by atoms with van der Waals surface area (Å²) in [5.41, 5.74) is 2.06. The van der Waals surface area contributed by atoms with E-state index < -0.39 is 12.1 Å². The molecule has 1 aliphatic heterocycles. The zero-order chi connectivity index (χ0) is 14.7. The van der Waals surface area contributed by atoms with Gasteiger partial charge in [0.15, 0.2) is 0 Å². The number of carbonyl (C=O) groups is 1. The van der Waals surface area contributed by atoms with Crippen LogP contribution in [0.4, 0.5) is 0 Å². The first-order valence-corrected chi connectivity index (χ1v) is 7.15. The second-order valence-corrected chi connectivity index (χ2v) is 5.64. The number of hydrogen-bond donors (Lipinski definition) is 1. The number of halogens is 1. The number of hydrogen-bond acceptors (Lipinski definition) is 4. The third-order valence-electron chi connectivity index (χ3n) is 3.77. The number of aryl methyl sites for hydroxylation is 1. The number of esters is 1. The maximum Gasteiger partial charge on any atom is 0.325 e. The van der Waals surface area contributed by atoms with Gasteiger partial charge in [-0.15, -0.1) is 0 Å². The minimum absolute atomic E-state index is 0.379. The van der Waals surface area contributed by atoms with Crippen molar-refractivity contribution in [2.45, 2.75) is 38.5 Å². The normalized spacial score (nSPS) is 23.6. The van der Waals surface area contributed by atoms with Crippen molar-refractivity contribution in [2.75, 3.05) is 13.7 Å². The number of aliphatic hydroxyl groups is 1. The third-order valence-corrected chi connectivity index (χ3v) is 4.17. The Kier molecular flexibility index (Phi) is 5.02. The number of aliphatic hydroxyl groups excluding tert-OH is 1. The van der Waals surface area contributed by atoms with Gasteiger partial charge in [-0.1, -0.05) is 23.7 Å². The molecule has 0 bridgehead atoms. The molecule has 0 aromatic heterocycles. The fraction of sp³-hybridized carbons (Fsp3) is 0.533. The van der Waals surface area contributed by atoms with Crippen LogP contribution < -0.4 is 0 Å². The van der Waals surface area contributed by atoms with Gasteiger partial charge < -0.3 is 9.84 Å². The predicted octanol–water partition coefficient (Wildman–Crippen LogP) is 2.15. The molecule has 5 heteroatoms. The number of benzene rings is 1.